The van der Waals surface area contributed by atoms with Crippen molar-refractivity contribution >= 4 is 17.8 Å². The van der Waals surface area contributed by atoms with E-state index in [0.29, 0.717) is 29.5 Å². The maximum absolute atomic E-state index is 14.4. The molecular formula is C39H51FN6O4. The predicted molar refractivity (Wildman–Crippen MR) is 191 cm³/mol. The van der Waals surface area contributed by atoms with E-state index in [4.69, 9.17) is 9.47 Å². The van der Waals surface area contributed by atoms with E-state index in [1.165, 1.54) is 24.5 Å². The summed E-state index contributed by atoms with van der Waals surface area (Å²) in [5.74, 6) is 1.13. The number of anilines is 1. The molecule has 1 aromatic heterocycles. The maximum atomic E-state index is 14.4. The van der Waals surface area contributed by atoms with E-state index in [1.807, 2.05) is 62.9 Å². The highest BCUT2D eigenvalue weighted by Gasteiger charge is 2.40. The molecule has 6 rings (SSSR count). The first kappa shape index (κ1) is 35.6. The highest BCUT2D eigenvalue weighted by Crippen LogP contribution is 2.42. The first-order chi connectivity index (χ1) is 24.1. The molecule has 1 atom stereocenters. The maximum Gasteiger partial charge on any atom is 0.410 e. The molecule has 10 nitrogen and oxygen atoms in total. The summed E-state index contributed by atoms with van der Waals surface area (Å²) in [4.78, 5) is 43.5. The van der Waals surface area contributed by atoms with Gasteiger partial charge in [0.1, 0.15) is 24.5 Å². The summed E-state index contributed by atoms with van der Waals surface area (Å²) < 4.78 is 26.3. The molecule has 4 heterocycles. The number of nitrogens with zero attached hydrogens (tertiary/aromatic N) is 6. The van der Waals surface area contributed by atoms with Gasteiger partial charge in [0.25, 0.3) is 5.91 Å². The standard InChI is InChI=1S/C39H51FN6O4/c1-28(2)46(29(3)4)37(47)33-22-32(40)10-11-34(33)50-35-23-41-27-42-36(35)45-17-12-31(25-45)24-43-18-13-39(14-19-43)15-20-44(21-16-39)38(48)49-26-30-8-6-5-7-9-30/h5-11,22-23,27-29,31H,12-21,24-26H2,1-4H3/t31-/m0/s1. The average molecular weight is 687 g/mol. The number of halogens is 1. The van der Waals surface area contributed by atoms with Crippen LogP contribution in [0, 0.1) is 17.2 Å². The average Bonchev–Trinajstić information content (AvgIpc) is 3.58. The van der Waals surface area contributed by atoms with Crippen LogP contribution in [0.4, 0.5) is 15.0 Å². The topological polar surface area (TPSA) is 91.3 Å². The Morgan fingerprint density at radius 1 is 0.940 bits per heavy atom. The monoisotopic (exact) mass is 686 g/mol. The van der Waals surface area contributed by atoms with Gasteiger partial charge in [-0.3, -0.25) is 4.79 Å². The van der Waals surface area contributed by atoms with Crippen molar-refractivity contribution in [3.05, 3.63) is 78.0 Å². The van der Waals surface area contributed by atoms with E-state index in [-0.39, 0.29) is 35.4 Å². The highest BCUT2D eigenvalue weighted by molar-refractivity contribution is 5.97. The number of aromatic nitrogens is 2. The molecule has 268 valence electrons. The van der Waals surface area contributed by atoms with Gasteiger partial charge in [0.05, 0.1) is 11.8 Å². The molecule has 1 spiro atoms. The fraction of sp³-hybridized carbons (Fsp3) is 0.538. The molecular weight excluding hydrogens is 635 g/mol. The summed E-state index contributed by atoms with van der Waals surface area (Å²) in [7, 11) is 0. The van der Waals surface area contributed by atoms with E-state index >= 15 is 0 Å². The molecule has 50 heavy (non-hydrogen) atoms. The normalized spacial score (nSPS) is 19.3. The number of amides is 2. The van der Waals surface area contributed by atoms with Crippen LogP contribution in [0.3, 0.4) is 0 Å². The number of piperidine rings is 2. The number of hydrogen-bond acceptors (Lipinski definition) is 8. The third-order valence-electron chi connectivity index (χ3n) is 10.7. The molecule has 0 radical (unpaired) electrons. The lowest BCUT2D eigenvalue weighted by molar-refractivity contribution is 0.0233. The second-order valence-electron chi connectivity index (χ2n) is 14.8. The van der Waals surface area contributed by atoms with Crippen molar-refractivity contribution in [2.45, 2.75) is 78.5 Å². The minimum Gasteiger partial charge on any atom is -0.451 e. The Bertz CT molecular complexity index is 1600. The minimum absolute atomic E-state index is 0.0598. The Morgan fingerprint density at radius 3 is 2.34 bits per heavy atom. The molecule has 0 saturated carbocycles. The van der Waals surface area contributed by atoms with Crippen LogP contribution in [0.5, 0.6) is 11.5 Å². The lowest BCUT2D eigenvalue weighted by Crippen LogP contribution is -2.49. The van der Waals surface area contributed by atoms with Crippen LogP contribution in [0.1, 0.15) is 75.7 Å². The van der Waals surface area contributed by atoms with E-state index < -0.39 is 5.82 Å². The van der Waals surface area contributed by atoms with Gasteiger partial charge in [-0.2, -0.15) is 0 Å². The Balaban J connectivity index is 1.01. The van der Waals surface area contributed by atoms with Gasteiger partial charge in [0.2, 0.25) is 0 Å². The smallest absolute Gasteiger partial charge is 0.410 e. The largest absolute Gasteiger partial charge is 0.451 e. The molecule has 0 unspecified atom stereocenters. The number of carbonyl (C=O) groups is 2. The zero-order chi connectivity index (χ0) is 35.3. The molecule has 0 N–H and O–H groups in total. The fourth-order valence-corrected chi connectivity index (χ4v) is 7.92. The summed E-state index contributed by atoms with van der Waals surface area (Å²) in [6, 6.07) is 13.8. The zero-order valence-electron chi connectivity index (χ0n) is 29.9. The molecule has 2 aromatic carbocycles. The van der Waals surface area contributed by atoms with Gasteiger partial charge in [0.15, 0.2) is 11.6 Å². The molecule has 3 aromatic rings. The lowest BCUT2D eigenvalue weighted by Gasteiger charge is -2.47. The first-order valence-corrected chi connectivity index (χ1v) is 18.1. The van der Waals surface area contributed by atoms with Crippen molar-refractivity contribution in [2.75, 3.05) is 50.7 Å². The van der Waals surface area contributed by atoms with Gasteiger partial charge in [-0.15, -0.1) is 0 Å². The quantitative estimate of drug-likeness (QED) is 0.225. The summed E-state index contributed by atoms with van der Waals surface area (Å²) in [6.07, 6.45) is 8.35. The van der Waals surface area contributed by atoms with Crippen LogP contribution in [0.15, 0.2) is 61.1 Å². The van der Waals surface area contributed by atoms with Crippen molar-refractivity contribution in [1.82, 2.24) is 24.7 Å². The molecule has 2 amide bonds. The van der Waals surface area contributed by atoms with Gasteiger partial charge >= 0.3 is 6.09 Å². The van der Waals surface area contributed by atoms with Gasteiger partial charge < -0.3 is 29.1 Å². The number of likely N-dealkylation sites (tertiary alicyclic amines) is 2. The second kappa shape index (κ2) is 15.7. The van der Waals surface area contributed by atoms with Crippen LogP contribution in [0.2, 0.25) is 0 Å². The molecule has 3 fully saturated rings. The molecule has 3 saturated heterocycles. The minimum atomic E-state index is -0.492. The van der Waals surface area contributed by atoms with Gasteiger partial charge in [-0.1, -0.05) is 30.3 Å². The molecule has 0 aliphatic carbocycles. The lowest BCUT2D eigenvalue weighted by atomic mass is 9.71. The van der Waals surface area contributed by atoms with Crippen LogP contribution in [-0.4, -0.2) is 94.6 Å². The van der Waals surface area contributed by atoms with Crippen LogP contribution >= 0.6 is 0 Å². The van der Waals surface area contributed by atoms with Crippen molar-refractivity contribution in [3.63, 3.8) is 0 Å². The Kier molecular flexibility index (Phi) is 11.2. The van der Waals surface area contributed by atoms with Gasteiger partial charge in [0, 0.05) is 44.8 Å². The molecule has 11 heteroatoms. The number of ether oxygens (including phenoxy) is 2. The van der Waals surface area contributed by atoms with Gasteiger partial charge in [-0.05, 0) is 108 Å². The van der Waals surface area contributed by atoms with E-state index in [9.17, 15) is 14.0 Å². The number of rotatable bonds is 10. The van der Waals surface area contributed by atoms with E-state index in [0.717, 1.165) is 83.5 Å². The third kappa shape index (κ3) is 8.37. The van der Waals surface area contributed by atoms with Crippen molar-refractivity contribution in [1.29, 1.82) is 0 Å². The second-order valence-corrected chi connectivity index (χ2v) is 14.8. The van der Waals surface area contributed by atoms with Crippen LogP contribution in [0.25, 0.3) is 0 Å². The van der Waals surface area contributed by atoms with Crippen molar-refractivity contribution in [3.8, 4) is 11.5 Å². The van der Waals surface area contributed by atoms with E-state index in [1.54, 1.807) is 11.1 Å². The third-order valence-corrected chi connectivity index (χ3v) is 10.7. The van der Waals surface area contributed by atoms with Crippen molar-refractivity contribution in [2.24, 2.45) is 11.3 Å². The number of carbonyl (C=O) groups excluding carboxylic acids is 2. The summed E-state index contributed by atoms with van der Waals surface area (Å²) in [6.45, 7) is 14.5. The van der Waals surface area contributed by atoms with Gasteiger partial charge in [-0.25, -0.2) is 19.2 Å². The van der Waals surface area contributed by atoms with Crippen LogP contribution in [-0.2, 0) is 11.3 Å². The Hall–Kier alpha value is -4.25. The summed E-state index contributed by atoms with van der Waals surface area (Å²) in [5, 5.41) is 0. The fourth-order valence-electron chi connectivity index (χ4n) is 7.92. The SMILES string of the molecule is CC(C)N(C(=O)c1cc(F)ccc1Oc1cncnc1N1CC[C@@H](CN2CCC3(CC2)CCN(C(=O)OCc2ccccc2)CC3)C1)C(C)C. The first-order valence-electron chi connectivity index (χ1n) is 18.1. The molecule has 3 aliphatic rings. The molecule has 3 aliphatic heterocycles. The van der Waals surface area contributed by atoms with Crippen LogP contribution < -0.4 is 9.64 Å². The predicted octanol–water partition coefficient (Wildman–Crippen LogP) is 7.01. The zero-order valence-corrected chi connectivity index (χ0v) is 29.9. The number of benzene rings is 2. The summed E-state index contributed by atoms with van der Waals surface area (Å²) in [5.41, 5.74) is 1.49. The molecule has 0 bridgehead atoms. The Morgan fingerprint density at radius 2 is 1.64 bits per heavy atom. The van der Waals surface area contributed by atoms with Crippen molar-refractivity contribution < 1.29 is 23.5 Å². The highest BCUT2D eigenvalue weighted by atomic mass is 19.1. The number of hydrogen-bond donors (Lipinski definition) is 0. The summed E-state index contributed by atoms with van der Waals surface area (Å²) >= 11 is 0. The van der Waals surface area contributed by atoms with E-state index in [2.05, 4.69) is 19.8 Å². The Labute approximate surface area is 295 Å².